The van der Waals surface area contributed by atoms with Gasteiger partial charge in [0, 0.05) is 117 Å². The molecule has 2 unspecified atom stereocenters. The highest BCUT2D eigenvalue weighted by Gasteiger charge is 2.53. The molecule has 0 bridgehead atoms. The number of ether oxygens (including phenoxy) is 2. The second kappa shape index (κ2) is 27.6. The molecule has 8 heterocycles. The van der Waals surface area contributed by atoms with E-state index in [0.717, 1.165) is 157 Å². The van der Waals surface area contributed by atoms with Crippen LogP contribution in [0.15, 0.2) is 461 Å². The first kappa shape index (κ1) is 72.1. The third-order valence-electron chi connectivity index (χ3n) is 28.4. The molecule has 2 atom stereocenters. The van der Waals surface area contributed by atoms with Gasteiger partial charge in [-0.2, -0.15) is 0 Å². The Kier molecular flexibility index (Phi) is 15.3. The van der Waals surface area contributed by atoms with E-state index in [0.29, 0.717) is 0 Å². The molecule has 0 amide bonds. The van der Waals surface area contributed by atoms with Gasteiger partial charge in [-0.1, -0.05) is 291 Å². The normalized spacial score (nSPS) is 14.8. The minimum atomic E-state index is -0.801. The van der Waals surface area contributed by atoms with Crippen LogP contribution in [0.2, 0.25) is 0 Å². The highest BCUT2D eigenvalue weighted by molar-refractivity contribution is 6.17. The molecule has 28 rings (SSSR count). The molecule has 0 fully saturated rings. The van der Waals surface area contributed by atoms with Crippen LogP contribution in [0.5, 0.6) is 23.0 Å². The van der Waals surface area contributed by atoms with Crippen LogP contribution in [0.4, 0.5) is 34.1 Å². The highest BCUT2D eigenvalue weighted by Crippen LogP contribution is 2.65. The predicted molar refractivity (Wildman–Crippen MR) is 533 cm³/mol. The fourth-order valence-corrected chi connectivity index (χ4v) is 23.1. The largest absolute Gasteiger partial charge is 0.457 e. The summed E-state index contributed by atoms with van der Waals surface area (Å²) >= 11 is 0. The van der Waals surface area contributed by atoms with Crippen LogP contribution in [-0.2, 0) is 10.8 Å². The van der Waals surface area contributed by atoms with Gasteiger partial charge in [-0.25, -0.2) is 0 Å². The first-order valence-corrected chi connectivity index (χ1v) is 44.8. The fourth-order valence-electron chi connectivity index (χ4n) is 23.1. The topological polar surface area (TPSA) is 44.7 Å². The minimum Gasteiger partial charge on any atom is -0.457 e. The summed E-state index contributed by atoms with van der Waals surface area (Å²) in [4.78, 5) is 4.70. The quantitative estimate of drug-likeness (QED) is 0.129. The lowest BCUT2D eigenvalue weighted by Crippen LogP contribution is -2.37. The van der Waals surface area contributed by atoms with Crippen LogP contribution in [0.25, 0.3) is 143 Å². The Morgan fingerprint density at radius 1 is 0.177 bits per heavy atom. The number of aromatic nitrogens is 4. The van der Waals surface area contributed by atoms with Crippen LogP contribution >= 0.6 is 0 Å². The summed E-state index contributed by atoms with van der Waals surface area (Å²) in [5, 5.41) is 9.50. The number of nitrogens with zero attached hydrogens (tertiary/aromatic N) is 6. The maximum Gasteiger partial charge on any atom is 0.156 e. The molecule has 0 saturated carbocycles. The number of fused-ring (bicyclic) bond motifs is 29. The molecular weight excluding hydrogens is 1580 g/mol. The third-order valence-corrected chi connectivity index (χ3v) is 28.4. The minimum absolute atomic E-state index is 0.700. The third kappa shape index (κ3) is 10.1. The van der Waals surface area contributed by atoms with Crippen molar-refractivity contribution in [2.24, 2.45) is 0 Å². The first-order chi connectivity index (χ1) is 64.5. The molecule has 4 aliphatic heterocycles. The Hall–Kier alpha value is -17.2. The van der Waals surface area contributed by atoms with Gasteiger partial charge in [-0.3, -0.25) is 0 Å². The molecule has 8 heteroatoms. The number of hydrogen-bond donors (Lipinski definition) is 0. The molecule has 130 heavy (non-hydrogen) atoms. The van der Waals surface area contributed by atoms with Crippen LogP contribution in [0.3, 0.4) is 0 Å². The van der Waals surface area contributed by atoms with E-state index in [2.05, 4.69) is 489 Å². The maximum atomic E-state index is 7.59. The number of hydrogen-bond acceptors (Lipinski definition) is 4. The molecule has 8 nitrogen and oxygen atoms in total. The summed E-state index contributed by atoms with van der Waals surface area (Å²) in [5.74, 6) is 3.38. The summed E-state index contributed by atoms with van der Waals surface area (Å²) < 4.78 is 24.7. The van der Waals surface area contributed by atoms with Crippen LogP contribution in [0.1, 0.15) is 44.5 Å². The maximum absolute atomic E-state index is 7.59. The van der Waals surface area contributed by atoms with E-state index in [1.54, 1.807) is 0 Å². The second-order valence-corrected chi connectivity index (χ2v) is 34.9. The lowest BCUT2D eigenvalue weighted by Gasteiger charge is -2.45. The van der Waals surface area contributed by atoms with Crippen LogP contribution in [0, 0.1) is 0 Å². The monoisotopic (exact) mass is 1660 g/mol. The van der Waals surface area contributed by atoms with Crippen molar-refractivity contribution in [3.8, 4) is 79.1 Å². The number of para-hydroxylation sites is 11. The molecule has 0 saturated heterocycles. The van der Waals surface area contributed by atoms with Crippen molar-refractivity contribution in [2.75, 3.05) is 9.80 Å². The van der Waals surface area contributed by atoms with Gasteiger partial charge in [0.05, 0.1) is 66.3 Å². The first-order valence-electron chi connectivity index (χ1n) is 44.8. The molecule has 2 spiro atoms. The Balaban J connectivity index is 0.524. The van der Waals surface area contributed by atoms with E-state index in [1.165, 1.54) is 87.9 Å². The van der Waals surface area contributed by atoms with Crippen molar-refractivity contribution < 1.29 is 9.47 Å². The van der Waals surface area contributed by atoms with Gasteiger partial charge in [0.25, 0.3) is 0 Å². The summed E-state index contributed by atoms with van der Waals surface area (Å²) in [6.45, 7) is 0. The van der Waals surface area contributed by atoms with E-state index in [9.17, 15) is 0 Å². The van der Waals surface area contributed by atoms with Gasteiger partial charge in [0.2, 0.25) is 0 Å². The SMILES string of the molecule is c1ccc(-c2ccc(N(c3ccccc3)c3ccc(-n4c5ccccc5c5ccc6c(c54)Oc4ccccc4C64c5ccccc5-n5c6ccc(-c7cccc(-c8ccc(N(c9ccccc9)c9ccc(-n%10c%11ccccc%11c%11cc%12c(cc%11%10)Oc%10ccccc%10C%12%10c%11ccccc%11-n%11c%12ccccc%12c%12cccc%10c%12%11)cc9)cc8)c7)cc6c6cccc4c65)cc3)cc2)cc1. The zero-order chi connectivity index (χ0) is 85.0. The Bertz CT molecular complexity index is 8850. The zero-order valence-corrected chi connectivity index (χ0v) is 70.4. The van der Waals surface area contributed by atoms with Crippen molar-refractivity contribution in [2.45, 2.75) is 10.8 Å². The summed E-state index contributed by atoms with van der Waals surface area (Å²) in [5.41, 5.74) is 34.7. The average Bonchev–Trinajstić information content (AvgIpc) is 1.41. The van der Waals surface area contributed by atoms with E-state index in [1.807, 2.05) is 0 Å². The lowest BCUT2D eigenvalue weighted by molar-refractivity contribution is 0.434. The van der Waals surface area contributed by atoms with Crippen LogP contribution in [-0.4, -0.2) is 18.3 Å². The van der Waals surface area contributed by atoms with Gasteiger partial charge >= 0.3 is 0 Å². The fraction of sp³-hybridized carbons (Fsp3) is 0.0164. The van der Waals surface area contributed by atoms with Crippen molar-refractivity contribution in [1.82, 2.24) is 18.3 Å². The van der Waals surface area contributed by atoms with Crippen molar-refractivity contribution in [1.29, 1.82) is 0 Å². The summed E-state index contributed by atoms with van der Waals surface area (Å²) in [6.07, 6.45) is 0. The Morgan fingerprint density at radius 2 is 0.538 bits per heavy atom. The predicted octanol–water partition coefficient (Wildman–Crippen LogP) is 31.6. The van der Waals surface area contributed by atoms with Crippen molar-refractivity contribution in [3.63, 3.8) is 0 Å². The van der Waals surface area contributed by atoms with Gasteiger partial charge in [-0.05, 0) is 219 Å². The van der Waals surface area contributed by atoms with Gasteiger partial charge in [-0.15, -0.1) is 0 Å². The van der Waals surface area contributed by atoms with Gasteiger partial charge in [0.15, 0.2) is 5.75 Å². The summed E-state index contributed by atoms with van der Waals surface area (Å²) in [7, 11) is 0. The smallest absolute Gasteiger partial charge is 0.156 e. The van der Waals surface area contributed by atoms with E-state index < -0.39 is 10.8 Å². The number of anilines is 6. The summed E-state index contributed by atoms with van der Waals surface area (Å²) in [6, 6.07) is 170. The van der Waals surface area contributed by atoms with Crippen molar-refractivity contribution in [3.05, 3.63) is 506 Å². The standard InChI is InChI=1S/C122H76N6O2/c1-4-27-77(28-5-1)78-53-58-85(59-54-78)123(83-31-6-2-7-32-83)88-64-68-90(69-65-88)126-108-47-18-10-36-92(108)96-70-71-105-120(119(96)126)130-115-52-23-16-43-102(115)121(105)99-40-13-20-49-111(99)128-110-72-57-82(74-97(110)95-39-26-44-103(121)118(95)128)81-30-24-29-80(73-81)79-55-60-86(61-56-79)124(84-33-8-3-9-34-84)87-62-66-89(67-63-87)125-107-46-17-12-37-93(107)98-75-106-116(76-113(98)125)129-114-51-22-15-42-101(114)122(106)100-41-14-21-50-112(100)127-109-48-19-11-35-91(109)94-38-25-45-104(122)117(94)127/h1-76H. The Labute approximate surface area is 749 Å². The molecular formula is C122H76N6O2. The number of benzene rings is 20. The molecule has 0 N–H and O–H groups in total. The van der Waals surface area contributed by atoms with E-state index in [4.69, 9.17) is 9.47 Å². The molecule has 0 aliphatic carbocycles. The van der Waals surface area contributed by atoms with Crippen LogP contribution < -0.4 is 19.3 Å². The molecule has 4 aromatic heterocycles. The Morgan fingerprint density at radius 3 is 1.12 bits per heavy atom. The highest BCUT2D eigenvalue weighted by atomic mass is 16.5. The zero-order valence-electron chi connectivity index (χ0n) is 70.4. The molecule has 20 aromatic carbocycles. The van der Waals surface area contributed by atoms with E-state index >= 15 is 0 Å². The van der Waals surface area contributed by atoms with Gasteiger partial charge < -0.3 is 37.5 Å². The molecule has 606 valence electrons. The average molecular weight is 1660 g/mol. The lowest BCUT2D eigenvalue weighted by atomic mass is 9.61. The van der Waals surface area contributed by atoms with Crippen molar-refractivity contribution >= 4 is 121 Å². The molecule has 4 aliphatic rings. The molecule has 0 radical (unpaired) electrons. The second-order valence-electron chi connectivity index (χ2n) is 34.9. The van der Waals surface area contributed by atoms with Gasteiger partial charge in [0.1, 0.15) is 17.2 Å². The van der Waals surface area contributed by atoms with E-state index in [-0.39, 0.29) is 0 Å². The molecule has 24 aromatic rings. The number of rotatable bonds is 11.